The van der Waals surface area contributed by atoms with E-state index in [0.717, 1.165) is 29.3 Å². The summed E-state index contributed by atoms with van der Waals surface area (Å²) >= 11 is 0. The first-order valence-corrected chi connectivity index (χ1v) is 8.36. The Hall–Kier alpha value is -2.34. The van der Waals surface area contributed by atoms with E-state index in [1.807, 2.05) is 38.5 Å². The van der Waals surface area contributed by atoms with E-state index in [2.05, 4.69) is 16.0 Å². The van der Waals surface area contributed by atoms with Gasteiger partial charge in [-0.15, -0.1) is 0 Å². The van der Waals surface area contributed by atoms with Gasteiger partial charge in [0.1, 0.15) is 6.54 Å². The van der Waals surface area contributed by atoms with E-state index in [1.54, 1.807) is 4.90 Å². The largest absolute Gasteiger partial charge is 0.361 e. The molecular formula is C18H22N4O2. The van der Waals surface area contributed by atoms with Gasteiger partial charge in [-0.3, -0.25) is 9.69 Å². The third-order valence-corrected chi connectivity index (χ3v) is 5.25. The average Bonchev–Trinajstić information content (AvgIpc) is 3.05. The SMILES string of the molecule is CN(C)[C@H]1C[C@H](N2C(=O)CN(Cc3ccc4[nH]ccc4c3)C2=O)C1. The maximum atomic E-state index is 12.7. The van der Waals surface area contributed by atoms with Crippen molar-refractivity contribution in [2.45, 2.75) is 31.5 Å². The summed E-state index contributed by atoms with van der Waals surface area (Å²) in [6, 6.07) is 8.49. The average molecular weight is 326 g/mol. The van der Waals surface area contributed by atoms with Crippen LogP contribution in [0.4, 0.5) is 4.79 Å². The Morgan fingerprint density at radius 3 is 2.75 bits per heavy atom. The molecule has 6 nitrogen and oxygen atoms in total. The highest BCUT2D eigenvalue weighted by Gasteiger charge is 2.45. The summed E-state index contributed by atoms with van der Waals surface area (Å²) in [4.78, 5) is 33.4. The van der Waals surface area contributed by atoms with Crippen molar-refractivity contribution >= 4 is 22.8 Å². The Morgan fingerprint density at radius 2 is 2.00 bits per heavy atom. The lowest BCUT2D eigenvalue weighted by Crippen LogP contribution is -2.54. The molecule has 1 saturated heterocycles. The minimum absolute atomic E-state index is 0.0644. The number of amides is 3. The molecule has 4 rings (SSSR count). The molecule has 3 amide bonds. The molecular weight excluding hydrogens is 304 g/mol. The molecule has 1 aliphatic heterocycles. The second kappa shape index (κ2) is 5.63. The minimum Gasteiger partial charge on any atom is -0.361 e. The van der Waals surface area contributed by atoms with E-state index >= 15 is 0 Å². The van der Waals surface area contributed by atoms with Crippen LogP contribution < -0.4 is 0 Å². The third-order valence-electron chi connectivity index (χ3n) is 5.25. The van der Waals surface area contributed by atoms with Crippen molar-refractivity contribution in [3.63, 3.8) is 0 Å². The van der Waals surface area contributed by atoms with E-state index in [-0.39, 0.29) is 24.5 Å². The fraction of sp³-hybridized carbons (Fsp3) is 0.444. The Balaban J connectivity index is 1.45. The van der Waals surface area contributed by atoms with Gasteiger partial charge in [0, 0.05) is 30.3 Å². The second-order valence-electron chi connectivity index (χ2n) is 7.04. The highest BCUT2D eigenvalue weighted by molar-refractivity contribution is 6.02. The Kier molecular flexibility index (Phi) is 3.57. The van der Waals surface area contributed by atoms with Crippen molar-refractivity contribution in [3.05, 3.63) is 36.0 Å². The fourth-order valence-corrected chi connectivity index (χ4v) is 3.66. The van der Waals surface area contributed by atoms with Gasteiger partial charge in [-0.2, -0.15) is 0 Å². The summed E-state index contributed by atoms with van der Waals surface area (Å²) in [5.41, 5.74) is 2.12. The summed E-state index contributed by atoms with van der Waals surface area (Å²) in [7, 11) is 4.08. The number of hydrogen-bond donors (Lipinski definition) is 1. The molecule has 1 aliphatic carbocycles. The maximum absolute atomic E-state index is 12.7. The van der Waals surface area contributed by atoms with Crippen LogP contribution in [0.3, 0.4) is 0 Å². The van der Waals surface area contributed by atoms with Gasteiger partial charge in [-0.05, 0) is 56.1 Å². The topological polar surface area (TPSA) is 59.6 Å². The molecule has 0 unspecified atom stereocenters. The van der Waals surface area contributed by atoms with Crippen LogP contribution in [0.2, 0.25) is 0 Å². The molecule has 24 heavy (non-hydrogen) atoms. The molecule has 1 aromatic carbocycles. The van der Waals surface area contributed by atoms with Gasteiger partial charge >= 0.3 is 6.03 Å². The molecule has 2 heterocycles. The van der Waals surface area contributed by atoms with Crippen LogP contribution in [0.5, 0.6) is 0 Å². The lowest BCUT2D eigenvalue weighted by molar-refractivity contribution is -0.128. The van der Waals surface area contributed by atoms with Gasteiger partial charge in [0.15, 0.2) is 0 Å². The minimum atomic E-state index is -0.142. The van der Waals surface area contributed by atoms with Gasteiger partial charge in [0.25, 0.3) is 5.91 Å². The number of aromatic nitrogens is 1. The quantitative estimate of drug-likeness (QED) is 0.875. The van der Waals surface area contributed by atoms with E-state index in [0.29, 0.717) is 12.6 Å². The first-order valence-electron chi connectivity index (χ1n) is 8.36. The number of rotatable bonds is 4. The lowest BCUT2D eigenvalue weighted by atomic mass is 9.85. The molecule has 2 fully saturated rings. The summed E-state index contributed by atoms with van der Waals surface area (Å²) in [6.45, 7) is 0.666. The van der Waals surface area contributed by atoms with Crippen LogP contribution >= 0.6 is 0 Å². The molecule has 0 atom stereocenters. The van der Waals surface area contributed by atoms with Crippen LogP contribution in [0.15, 0.2) is 30.5 Å². The molecule has 2 aromatic rings. The molecule has 0 bridgehead atoms. The number of carbonyl (C=O) groups is 2. The van der Waals surface area contributed by atoms with Gasteiger partial charge in [0.2, 0.25) is 0 Å². The number of imide groups is 1. The lowest BCUT2D eigenvalue weighted by Gasteiger charge is -2.42. The van der Waals surface area contributed by atoms with Crippen molar-refractivity contribution in [3.8, 4) is 0 Å². The maximum Gasteiger partial charge on any atom is 0.327 e. The van der Waals surface area contributed by atoms with Crippen LogP contribution in [0.1, 0.15) is 18.4 Å². The predicted molar refractivity (Wildman–Crippen MR) is 91.4 cm³/mol. The van der Waals surface area contributed by atoms with Crippen molar-refractivity contribution in [2.75, 3.05) is 20.6 Å². The van der Waals surface area contributed by atoms with Gasteiger partial charge in [-0.1, -0.05) is 6.07 Å². The highest BCUT2D eigenvalue weighted by atomic mass is 16.2. The summed E-state index contributed by atoms with van der Waals surface area (Å²) < 4.78 is 0. The smallest absolute Gasteiger partial charge is 0.327 e. The molecule has 1 N–H and O–H groups in total. The number of nitrogens with zero attached hydrogens (tertiary/aromatic N) is 3. The molecule has 2 aliphatic rings. The number of benzene rings is 1. The number of carbonyl (C=O) groups excluding carboxylic acids is 2. The first-order chi connectivity index (χ1) is 11.5. The van der Waals surface area contributed by atoms with Crippen molar-refractivity contribution in [1.82, 2.24) is 19.7 Å². The van der Waals surface area contributed by atoms with E-state index in [9.17, 15) is 9.59 Å². The van der Waals surface area contributed by atoms with Gasteiger partial charge in [0.05, 0.1) is 0 Å². The predicted octanol–water partition coefficient (Wildman–Crippen LogP) is 2.02. The van der Waals surface area contributed by atoms with Crippen LogP contribution in [0, 0.1) is 0 Å². The molecule has 1 aromatic heterocycles. The Bertz CT molecular complexity index is 791. The zero-order chi connectivity index (χ0) is 16.8. The monoisotopic (exact) mass is 326 g/mol. The number of fused-ring (bicyclic) bond motifs is 1. The highest BCUT2D eigenvalue weighted by Crippen LogP contribution is 2.32. The van der Waals surface area contributed by atoms with Gasteiger partial charge in [-0.25, -0.2) is 4.79 Å². The zero-order valence-electron chi connectivity index (χ0n) is 14.0. The summed E-state index contributed by atoms with van der Waals surface area (Å²) in [5.74, 6) is -0.0649. The molecule has 126 valence electrons. The van der Waals surface area contributed by atoms with Crippen LogP contribution in [-0.2, 0) is 11.3 Å². The standard InChI is InChI=1S/C18H22N4O2/c1-20(2)14-8-15(9-14)22-17(23)11-21(18(22)24)10-12-3-4-16-13(7-12)5-6-19-16/h3-7,14-15,19H,8-11H2,1-2H3/t14-,15-. The van der Waals surface area contributed by atoms with Crippen molar-refractivity contribution < 1.29 is 9.59 Å². The van der Waals surface area contributed by atoms with Crippen LogP contribution in [-0.4, -0.2) is 64.3 Å². The van der Waals surface area contributed by atoms with E-state index in [4.69, 9.17) is 0 Å². The zero-order valence-corrected chi connectivity index (χ0v) is 14.0. The number of nitrogens with one attached hydrogen (secondary N) is 1. The molecule has 0 radical (unpaired) electrons. The first kappa shape index (κ1) is 15.2. The Labute approximate surface area is 141 Å². The number of hydrogen-bond acceptors (Lipinski definition) is 3. The molecule has 1 saturated carbocycles. The van der Waals surface area contributed by atoms with Crippen molar-refractivity contribution in [1.29, 1.82) is 0 Å². The summed E-state index contributed by atoms with van der Waals surface area (Å²) in [5, 5.41) is 1.12. The normalized spacial score (nSPS) is 24.3. The molecule has 0 spiro atoms. The van der Waals surface area contributed by atoms with E-state index in [1.165, 1.54) is 4.90 Å². The Morgan fingerprint density at radius 1 is 1.21 bits per heavy atom. The fourth-order valence-electron chi connectivity index (χ4n) is 3.66. The van der Waals surface area contributed by atoms with E-state index < -0.39 is 0 Å². The summed E-state index contributed by atoms with van der Waals surface area (Å²) in [6.07, 6.45) is 3.67. The third kappa shape index (κ3) is 2.47. The number of urea groups is 1. The number of H-pyrrole nitrogens is 1. The van der Waals surface area contributed by atoms with Crippen molar-refractivity contribution in [2.24, 2.45) is 0 Å². The molecule has 6 heteroatoms. The second-order valence-corrected chi connectivity index (χ2v) is 7.04. The van der Waals surface area contributed by atoms with Gasteiger partial charge < -0.3 is 14.8 Å². The number of aromatic amines is 1. The van der Waals surface area contributed by atoms with Crippen LogP contribution in [0.25, 0.3) is 10.9 Å².